The van der Waals surface area contributed by atoms with Gasteiger partial charge in [-0.2, -0.15) is 0 Å². The molecule has 1 aromatic carbocycles. The highest BCUT2D eigenvalue weighted by molar-refractivity contribution is 14.1. The lowest BCUT2D eigenvalue weighted by Gasteiger charge is -2.16. The normalized spacial score (nSPS) is 17.5. The van der Waals surface area contributed by atoms with Crippen molar-refractivity contribution in [3.8, 4) is 0 Å². The van der Waals surface area contributed by atoms with Crippen LogP contribution in [0.2, 0.25) is 0 Å². The Labute approximate surface area is 104 Å². The van der Waals surface area contributed by atoms with Crippen molar-refractivity contribution in [2.24, 2.45) is 5.92 Å². The van der Waals surface area contributed by atoms with Crippen LogP contribution in [0.25, 0.3) is 0 Å². The van der Waals surface area contributed by atoms with Crippen LogP contribution in [0.15, 0.2) is 18.2 Å². The Balaban J connectivity index is 1.96. The zero-order chi connectivity index (χ0) is 10.8. The van der Waals surface area contributed by atoms with Gasteiger partial charge in [0, 0.05) is 15.3 Å². The van der Waals surface area contributed by atoms with Crippen molar-refractivity contribution in [3.63, 3.8) is 0 Å². The summed E-state index contributed by atoms with van der Waals surface area (Å²) in [6.07, 6.45) is 3.99. The summed E-state index contributed by atoms with van der Waals surface area (Å²) in [7, 11) is 0. The molecule has 0 amide bonds. The summed E-state index contributed by atoms with van der Waals surface area (Å²) in [4.78, 5) is 0. The highest BCUT2D eigenvalue weighted by Crippen LogP contribution is 2.34. The summed E-state index contributed by atoms with van der Waals surface area (Å²) in [5.74, 6) is 0.755. The van der Waals surface area contributed by atoms with Gasteiger partial charge in [-0.15, -0.1) is 0 Å². The largest absolute Gasteiger partial charge is 0.382 e. The van der Waals surface area contributed by atoms with Crippen molar-refractivity contribution in [2.75, 3.05) is 5.32 Å². The van der Waals surface area contributed by atoms with E-state index in [1.54, 1.807) is 6.07 Å². The molecule has 1 fully saturated rings. The fourth-order valence-electron chi connectivity index (χ4n) is 1.78. The van der Waals surface area contributed by atoms with E-state index in [9.17, 15) is 4.39 Å². The summed E-state index contributed by atoms with van der Waals surface area (Å²) in [6, 6.07) is 5.37. The van der Waals surface area contributed by atoms with Gasteiger partial charge < -0.3 is 5.32 Å². The van der Waals surface area contributed by atoms with Crippen LogP contribution in [0.4, 0.5) is 10.1 Å². The average Bonchev–Trinajstić information content (AvgIpc) is 2.94. The molecule has 0 bridgehead atoms. The van der Waals surface area contributed by atoms with Gasteiger partial charge in [0.25, 0.3) is 0 Å². The Bertz CT molecular complexity index is 349. The Morgan fingerprint density at radius 2 is 2.27 bits per heavy atom. The summed E-state index contributed by atoms with van der Waals surface area (Å²) >= 11 is 2.17. The molecule has 15 heavy (non-hydrogen) atoms. The maximum absolute atomic E-state index is 12.9. The van der Waals surface area contributed by atoms with Crippen molar-refractivity contribution in [1.82, 2.24) is 0 Å². The van der Waals surface area contributed by atoms with E-state index in [1.807, 2.05) is 6.07 Å². The number of hydrogen-bond donors (Lipinski definition) is 1. The highest BCUT2D eigenvalue weighted by atomic mass is 127. The minimum Gasteiger partial charge on any atom is -0.382 e. The number of halogens is 2. The summed E-state index contributed by atoms with van der Waals surface area (Å²) in [6.45, 7) is 2.19. The summed E-state index contributed by atoms with van der Waals surface area (Å²) in [5, 5.41) is 3.43. The quantitative estimate of drug-likeness (QED) is 0.826. The molecule has 1 aromatic rings. The fourth-order valence-corrected chi connectivity index (χ4v) is 2.42. The van der Waals surface area contributed by atoms with E-state index in [0.717, 1.165) is 15.2 Å². The third kappa shape index (κ3) is 3.33. The van der Waals surface area contributed by atoms with Crippen LogP contribution in [-0.4, -0.2) is 6.04 Å². The second kappa shape index (κ2) is 4.68. The first kappa shape index (κ1) is 11.2. The second-order valence-corrected chi connectivity index (χ2v) is 5.51. The second-order valence-electron chi connectivity index (χ2n) is 4.35. The number of hydrogen-bond acceptors (Lipinski definition) is 1. The molecule has 0 radical (unpaired) electrons. The van der Waals surface area contributed by atoms with Gasteiger partial charge in [-0.05, 0) is 60.1 Å². The minimum absolute atomic E-state index is 0.167. The standard InChI is InChI=1S/C12H15FIN/c1-8(6-9-2-3-9)15-12-5-4-10(13)7-11(12)14/h4-5,7-9,15H,2-3,6H2,1H3. The van der Waals surface area contributed by atoms with Crippen molar-refractivity contribution < 1.29 is 4.39 Å². The van der Waals surface area contributed by atoms with Crippen LogP contribution < -0.4 is 5.32 Å². The monoisotopic (exact) mass is 319 g/mol. The lowest BCUT2D eigenvalue weighted by molar-refractivity contribution is 0.624. The Morgan fingerprint density at radius 3 is 2.87 bits per heavy atom. The topological polar surface area (TPSA) is 12.0 Å². The maximum Gasteiger partial charge on any atom is 0.124 e. The van der Waals surface area contributed by atoms with E-state index in [1.165, 1.54) is 25.3 Å². The fraction of sp³-hybridized carbons (Fsp3) is 0.500. The van der Waals surface area contributed by atoms with Gasteiger partial charge in [0.05, 0.1) is 0 Å². The minimum atomic E-state index is -0.167. The number of anilines is 1. The first-order valence-corrected chi connectivity index (χ1v) is 6.44. The lowest BCUT2D eigenvalue weighted by Crippen LogP contribution is -2.16. The highest BCUT2D eigenvalue weighted by Gasteiger charge is 2.23. The first-order valence-electron chi connectivity index (χ1n) is 5.37. The van der Waals surface area contributed by atoms with Crippen molar-refractivity contribution in [2.45, 2.75) is 32.2 Å². The third-order valence-corrected chi connectivity index (χ3v) is 3.61. The lowest BCUT2D eigenvalue weighted by atomic mass is 10.1. The predicted octanol–water partition coefficient (Wildman–Crippen LogP) is 4.03. The number of benzene rings is 1. The molecule has 1 atom stereocenters. The smallest absolute Gasteiger partial charge is 0.124 e. The van der Waals surface area contributed by atoms with Gasteiger partial charge in [0.2, 0.25) is 0 Å². The maximum atomic E-state index is 12.9. The molecular weight excluding hydrogens is 304 g/mol. The predicted molar refractivity (Wildman–Crippen MR) is 69.5 cm³/mol. The van der Waals surface area contributed by atoms with Crippen molar-refractivity contribution in [3.05, 3.63) is 27.6 Å². The SMILES string of the molecule is CC(CC1CC1)Nc1ccc(F)cc1I. The number of rotatable bonds is 4. The molecule has 1 aliphatic rings. The molecule has 2 rings (SSSR count). The van der Waals surface area contributed by atoms with Gasteiger partial charge in [-0.25, -0.2) is 4.39 Å². The van der Waals surface area contributed by atoms with Crippen molar-refractivity contribution >= 4 is 28.3 Å². The molecule has 82 valence electrons. The van der Waals surface area contributed by atoms with Crippen LogP contribution in [0.1, 0.15) is 26.2 Å². The van der Waals surface area contributed by atoms with Crippen LogP contribution >= 0.6 is 22.6 Å². The van der Waals surface area contributed by atoms with Gasteiger partial charge >= 0.3 is 0 Å². The molecule has 1 N–H and O–H groups in total. The average molecular weight is 319 g/mol. The van der Waals surface area contributed by atoms with Gasteiger partial charge in [0.1, 0.15) is 5.82 Å². The summed E-state index contributed by atoms with van der Waals surface area (Å²) < 4.78 is 13.8. The van der Waals surface area contributed by atoms with Crippen LogP contribution in [0.3, 0.4) is 0 Å². The molecule has 0 saturated heterocycles. The van der Waals surface area contributed by atoms with E-state index >= 15 is 0 Å². The van der Waals surface area contributed by atoms with Crippen LogP contribution in [0.5, 0.6) is 0 Å². The molecule has 0 aliphatic heterocycles. The Kier molecular flexibility index (Phi) is 3.49. The van der Waals surface area contributed by atoms with E-state index < -0.39 is 0 Å². The van der Waals surface area contributed by atoms with Gasteiger partial charge in [-0.1, -0.05) is 12.8 Å². The van der Waals surface area contributed by atoms with E-state index in [4.69, 9.17) is 0 Å². The molecule has 1 aliphatic carbocycles. The molecule has 1 saturated carbocycles. The Hall–Kier alpha value is -0.320. The first-order chi connectivity index (χ1) is 7.15. The summed E-state index contributed by atoms with van der Waals surface area (Å²) in [5.41, 5.74) is 1.05. The molecular formula is C12H15FIN. The molecule has 0 aromatic heterocycles. The molecule has 1 nitrogen and oxygen atoms in total. The van der Waals surface area contributed by atoms with Crippen LogP contribution in [0, 0.1) is 15.3 Å². The van der Waals surface area contributed by atoms with E-state index in [2.05, 4.69) is 34.8 Å². The molecule has 3 heteroatoms. The zero-order valence-corrected chi connectivity index (χ0v) is 10.9. The molecule has 0 heterocycles. The number of nitrogens with one attached hydrogen (secondary N) is 1. The Morgan fingerprint density at radius 1 is 1.53 bits per heavy atom. The van der Waals surface area contributed by atoms with Gasteiger partial charge in [-0.3, -0.25) is 0 Å². The van der Waals surface area contributed by atoms with E-state index in [0.29, 0.717) is 6.04 Å². The molecule has 1 unspecified atom stereocenters. The van der Waals surface area contributed by atoms with Crippen molar-refractivity contribution in [1.29, 1.82) is 0 Å². The van der Waals surface area contributed by atoms with Gasteiger partial charge in [0.15, 0.2) is 0 Å². The van der Waals surface area contributed by atoms with E-state index in [-0.39, 0.29) is 5.82 Å². The third-order valence-electron chi connectivity index (χ3n) is 2.72. The molecule has 0 spiro atoms. The zero-order valence-electron chi connectivity index (χ0n) is 8.76. The van der Waals surface area contributed by atoms with Crippen LogP contribution in [-0.2, 0) is 0 Å².